The summed E-state index contributed by atoms with van der Waals surface area (Å²) in [6.45, 7) is 20.8. The van der Waals surface area contributed by atoms with Crippen LogP contribution in [0, 0.1) is 5.92 Å². The molecule has 0 amide bonds. The quantitative estimate of drug-likeness (QED) is 0.352. The van der Waals surface area contributed by atoms with Crippen LogP contribution in [-0.2, 0) is 4.43 Å². The first kappa shape index (κ1) is 22.9. The fourth-order valence-corrected chi connectivity index (χ4v) is 9.78. The van der Waals surface area contributed by atoms with E-state index in [2.05, 4.69) is 68.4 Å². The molecule has 0 fully saturated rings. The van der Waals surface area contributed by atoms with Gasteiger partial charge >= 0.3 is 0 Å². The van der Waals surface area contributed by atoms with E-state index in [1.165, 1.54) is 5.57 Å². The van der Waals surface area contributed by atoms with E-state index < -0.39 is 8.32 Å². The third-order valence-corrected chi connectivity index (χ3v) is 11.3. The van der Waals surface area contributed by atoms with Gasteiger partial charge in [-0.05, 0) is 42.3 Å². The second-order valence-corrected chi connectivity index (χ2v) is 13.6. The van der Waals surface area contributed by atoms with E-state index in [0.717, 1.165) is 19.3 Å². The molecule has 0 spiro atoms. The van der Waals surface area contributed by atoms with Gasteiger partial charge < -0.3 is 9.53 Å². The minimum absolute atomic E-state index is 0.222. The molecule has 0 aliphatic carbocycles. The van der Waals surface area contributed by atoms with Gasteiger partial charge in [-0.2, -0.15) is 0 Å². The van der Waals surface area contributed by atoms with Gasteiger partial charge in [-0.25, -0.2) is 0 Å². The zero-order valence-electron chi connectivity index (χ0n) is 17.1. The van der Waals surface area contributed by atoms with Crippen LogP contribution in [-0.4, -0.2) is 26.1 Å². The van der Waals surface area contributed by atoms with Gasteiger partial charge in [-0.15, -0.1) is 0 Å². The predicted molar refractivity (Wildman–Crippen MR) is 105 cm³/mol. The Balaban J connectivity index is 5.32. The molecule has 0 rings (SSSR count). The van der Waals surface area contributed by atoms with Crippen molar-refractivity contribution in [2.24, 2.45) is 5.92 Å². The first-order chi connectivity index (χ1) is 10.6. The number of rotatable bonds is 11. The fraction of sp³-hybridized carbons (Fsp3) is 0.900. The van der Waals surface area contributed by atoms with Gasteiger partial charge in [0, 0.05) is 12.7 Å². The topological polar surface area (TPSA) is 29.5 Å². The van der Waals surface area contributed by atoms with Crippen LogP contribution in [0.25, 0.3) is 0 Å². The van der Waals surface area contributed by atoms with Gasteiger partial charge in [0.25, 0.3) is 0 Å². The first-order valence-electron chi connectivity index (χ1n) is 9.57. The lowest BCUT2D eigenvalue weighted by Gasteiger charge is -2.45. The third-order valence-electron chi connectivity index (χ3n) is 5.10. The summed E-state index contributed by atoms with van der Waals surface area (Å²) in [5.41, 5.74) is 3.23. The van der Waals surface area contributed by atoms with Crippen LogP contribution >= 0.6 is 0 Å². The molecular formula is C20H42O2Si. The van der Waals surface area contributed by atoms with Crippen molar-refractivity contribution in [1.29, 1.82) is 0 Å². The third kappa shape index (κ3) is 6.72. The minimum Gasteiger partial charge on any atom is -0.413 e. The van der Waals surface area contributed by atoms with Gasteiger partial charge in [0.15, 0.2) is 0 Å². The van der Waals surface area contributed by atoms with Crippen molar-refractivity contribution in [1.82, 2.24) is 0 Å². The Morgan fingerprint density at radius 2 is 1.48 bits per heavy atom. The highest BCUT2D eigenvalue weighted by molar-refractivity contribution is 6.77. The molecule has 0 unspecified atom stereocenters. The van der Waals surface area contributed by atoms with Gasteiger partial charge in [-0.3, -0.25) is 0 Å². The van der Waals surface area contributed by atoms with Crippen molar-refractivity contribution < 1.29 is 9.53 Å². The second kappa shape index (κ2) is 10.7. The maximum absolute atomic E-state index is 9.26. The van der Waals surface area contributed by atoms with Gasteiger partial charge in [0.2, 0.25) is 8.32 Å². The summed E-state index contributed by atoms with van der Waals surface area (Å²) in [5, 5.41) is 9.26. The van der Waals surface area contributed by atoms with Crippen LogP contribution in [0.1, 0.15) is 81.6 Å². The molecule has 138 valence electrons. The van der Waals surface area contributed by atoms with E-state index in [4.69, 9.17) is 4.43 Å². The van der Waals surface area contributed by atoms with Crippen LogP contribution in [0.5, 0.6) is 0 Å². The summed E-state index contributed by atoms with van der Waals surface area (Å²) in [5.74, 6) is 0.236. The fourth-order valence-electron chi connectivity index (χ4n) is 4.19. The zero-order chi connectivity index (χ0) is 18.2. The van der Waals surface area contributed by atoms with Crippen molar-refractivity contribution in [3.8, 4) is 0 Å². The summed E-state index contributed by atoms with van der Waals surface area (Å²) in [4.78, 5) is 0. The molecule has 3 heteroatoms. The highest BCUT2D eigenvalue weighted by atomic mass is 28.4. The molecule has 0 aromatic carbocycles. The SMILES string of the molecule is CCC[C@@H](C/C(C)=C/[C@@H](C)CO)O[Si](C(C)C)(C(C)C)C(C)C. The van der Waals surface area contributed by atoms with Crippen LogP contribution in [0.2, 0.25) is 16.6 Å². The Morgan fingerprint density at radius 1 is 1.00 bits per heavy atom. The molecular weight excluding hydrogens is 300 g/mol. The lowest BCUT2D eigenvalue weighted by molar-refractivity contribution is 0.162. The van der Waals surface area contributed by atoms with Crippen LogP contribution in [0.15, 0.2) is 11.6 Å². The van der Waals surface area contributed by atoms with Crippen LogP contribution in [0.4, 0.5) is 0 Å². The number of hydrogen-bond acceptors (Lipinski definition) is 2. The molecule has 0 radical (unpaired) electrons. The molecule has 23 heavy (non-hydrogen) atoms. The molecule has 0 bridgehead atoms. The highest BCUT2D eigenvalue weighted by Crippen LogP contribution is 2.43. The normalized spacial score (nSPS) is 16.5. The Morgan fingerprint density at radius 3 is 1.83 bits per heavy atom. The van der Waals surface area contributed by atoms with Crippen LogP contribution < -0.4 is 0 Å². The molecule has 2 nitrogen and oxygen atoms in total. The Bertz CT molecular complexity index is 326. The standard InChI is InChI=1S/C20H42O2Si/c1-10-11-20(13-18(8)12-19(9)14-21)22-23(15(2)3,16(4)5)17(6)7/h12,15-17,19-21H,10-11,13-14H2,1-9H3/b18-12+/t19-,20+/m1/s1. The summed E-state index contributed by atoms with van der Waals surface area (Å²) >= 11 is 0. The van der Waals surface area contributed by atoms with Crippen molar-refractivity contribution in [3.63, 3.8) is 0 Å². The molecule has 0 aromatic heterocycles. The molecule has 1 N–H and O–H groups in total. The predicted octanol–water partition coefficient (Wildman–Crippen LogP) is 6.31. The molecule has 0 aliphatic rings. The minimum atomic E-state index is -1.82. The van der Waals surface area contributed by atoms with E-state index in [1.807, 2.05) is 0 Å². The summed E-state index contributed by atoms with van der Waals surface area (Å²) in [6, 6.07) is 0. The summed E-state index contributed by atoms with van der Waals surface area (Å²) in [6.07, 6.45) is 5.81. The molecule has 0 aliphatic heterocycles. The van der Waals surface area contributed by atoms with E-state index in [9.17, 15) is 5.11 Å². The lowest BCUT2D eigenvalue weighted by Crippen LogP contribution is -2.50. The zero-order valence-corrected chi connectivity index (χ0v) is 18.1. The van der Waals surface area contributed by atoms with E-state index >= 15 is 0 Å². The summed E-state index contributed by atoms with van der Waals surface area (Å²) in [7, 11) is -1.82. The molecule has 0 aromatic rings. The smallest absolute Gasteiger partial charge is 0.200 e. The number of hydrogen-bond donors (Lipinski definition) is 1. The molecule has 0 saturated heterocycles. The van der Waals surface area contributed by atoms with Crippen LogP contribution in [0.3, 0.4) is 0 Å². The number of aliphatic hydroxyl groups is 1. The summed E-state index contributed by atoms with van der Waals surface area (Å²) < 4.78 is 6.98. The van der Waals surface area contributed by atoms with Crippen molar-refractivity contribution in [2.75, 3.05) is 6.61 Å². The van der Waals surface area contributed by atoms with E-state index in [1.54, 1.807) is 0 Å². The largest absolute Gasteiger partial charge is 0.413 e. The average molecular weight is 343 g/mol. The molecule has 2 atom stereocenters. The van der Waals surface area contributed by atoms with Gasteiger partial charge in [0.05, 0.1) is 0 Å². The van der Waals surface area contributed by atoms with Gasteiger partial charge in [0.1, 0.15) is 0 Å². The maximum Gasteiger partial charge on any atom is 0.200 e. The number of aliphatic hydroxyl groups excluding tert-OH is 1. The van der Waals surface area contributed by atoms with E-state index in [-0.39, 0.29) is 12.5 Å². The van der Waals surface area contributed by atoms with Crippen molar-refractivity contribution in [2.45, 2.75) is 104 Å². The van der Waals surface area contributed by atoms with Crippen molar-refractivity contribution >= 4 is 8.32 Å². The Labute approximate surface area is 146 Å². The highest BCUT2D eigenvalue weighted by Gasteiger charge is 2.46. The Hall–Kier alpha value is -0.123. The average Bonchev–Trinajstić information content (AvgIpc) is 2.43. The molecule has 0 heterocycles. The first-order valence-corrected chi connectivity index (χ1v) is 11.7. The monoisotopic (exact) mass is 342 g/mol. The second-order valence-electron chi connectivity index (χ2n) is 8.22. The Kier molecular flexibility index (Phi) is 10.6. The maximum atomic E-state index is 9.26. The van der Waals surface area contributed by atoms with Crippen molar-refractivity contribution in [3.05, 3.63) is 11.6 Å². The molecule has 0 saturated carbocycles. The van der Waals surface area contributed by atoms with E-state index in [0.29, 0.717) is 22.7 Å². The van der Waals surface area contributed by atoms with Gasteiger partial charge in [-0.1, -0.05) is 73.5 Å². The lowest BCUT2D eigenvalue weighted by atomic mass is 10.0.